The Morgan fingerprint density at radius 3 is 2.87 bits per heavy atom. The van der Waals surface area contributed by atoms with Crippen LogP contribution in [0.4, 0.5) is 10.1 Å². The molecule has 0 atom stereocenters. The SMILES string of the molecule is CC#CCCNc1cc(Br)c(F)cc1C. The second-order valence-electron chi connectivity index (χ2n) is 3.18. The Labute approximate surface area is 98.2 Å². The van der Waals surface area contributed by atoms with Gasteiger partial charge in [0, 0.05) is 18.7 Å². The predicted octanol–water partition coefficient (Wildman–Crippen LogP) is 3.72. The van der Waals surface area contributed by atoms with Crippen LogP contribution in [0.5, 0.6) is 0 Å². The summed E-state index contributed by atoms with van der Waals surface area (Å²) >= 11 is 3.16. The lowest BCUT2D eigenvalue weighted by atomic mass is 10.2. The van der Waals surface area contributed by atoms with E-state index in [1.54, 1.807) is 6.07 Å². The van der Waals surface area contributed by atoms with Crippen molar-refractivity contribution in [1.82, 2.24) is 0 Å². The summed E-state index contributed by atoms with van der Waals surface area (Å²) in [6.07, 6.45) is 0.797. The molecule has 0 amide bonds. The van der Waals surface area contributed by atoms with Crippen LogP contribution in [-0.2, 0) is 0 Å². The number of nitrogens with one attached hydrogen (secondary N) is 1. The minimum atomic E-state index is -0.230. The lowest BCUT2D eigenvalue weighted by Crippen LogP contribution is -2.02. The Hall–Kier alpha value is -1.01. The molecule has 1 nitrogen and oxygen atoms in total. The van der Waals surface area contributed by atoms with Crippen molar-refractivity contribution in [3.05, 3.63) is 28.0 Å². The molecule has 0 unspecified atom stereocenters. The van der Waals surface area contributed by atoms with Gasteiger partial charge in [-0.1, -0.05) is 0 Å². The Morgan fingerprint density at radius 1 is 1.47 bits per heavy atom. The molecule has 1 N–H and O–H groups in total. The van der Waals surface area contributed by atoms with Crippen LogP contribution in [0, 0.1) is 24.6 Å². The third-order valence-corrected chi connectivity index (χ3v) is 2.62. The standard InChI is InChI=1S/C12H13BrFN/c1-3-4-5-6-15-12-8-10(13)11(14)7-9(12)2/h7-8,15H,5-6H2,1-2H3. The highest BCUT2D eigenvalue weighted by Crippen LogP contribution is 2.23. The van der Waals surface area contributed by atoms with Gasteiger partial charge in [-0.05, 0) is 47.5 Å². The highest BCUT2D eigenvalue weighted by Gasteiger charge is 2.03. The van der Waals surface area contributed by atoms with Crippen molar-refractivity contribution in [1.29, 1.82) is 0 Å². The third kappa shape index (κ3) is 3.56. The van der Waals surface area contributed by atoms with Crippen molar-refractivity contribution in [2.75, 3.05) is 11.9 Å². The average molecular weight is 270 g/mol. The van der Waals surface area contributed by atoms with Crippen molar-refractivity contribution in [3.8, 4) is 11.8 Å². The van der Waals surface area contributed by atoms with Crippen LogP contribution in [-0.4, -0.2) is 6.54 Å². The van der Waals surface area contributed by atoms with Gasteiger partial charge < -0.3 is 5.32 Å². The van der Waals surface area contributed by atoms with Gasteiger partial charge in [0.15, 0.2) is 0 Å². The topological polar surface area (TPSA) is 12.0 Å². The number of aryl methyl sites for hydroxylation is 1. The molecule has 0 aliphatic carbocycles. The van der Waals surface area contributed by atoms with E-state index in [9.17, 15) is 4.39 Å². The van der Waals surface area contributed by atoms with Gasteiger partial charge in [-0.2, -0.15) is 0 Å². The van der Waals surface area contributed by atoms with Crippen LogP contribution in [0.15, 0.2) is 16.6 Å². The van der Waals surface area contributed by atoms with Crippen LogP contribution >= 0.6 is 15.9 Å². The molecule has 0 spiro atoms. The molecule has 0 saturated heterocycles. The lowest BCUT2D eigenvalue weighted by molar-refractivity contribution is 0.620. The van der Waals surface area contributed by atoms with Crippen molar-refractivity contribution >= 4 is 21.6 Å². The van der Waals surface area contributed by atoms with E-state index in [0.29, 0.717) is 4.47 Å². The maximum Gasteiger partial charge on any atom is 0.137 e. The van der Waals surface area contributed by atoms with Crippen molar-refractivity contribution in [2.45, 2.75) is 20.3 Å². The molecule has 0 aliphatic heterocycles. The summed E-state index contributed by atoms with van der Waals surface area (Å²) in [5.41, 5.74) is 1.85. The van der Waals surface area contributed by atoms with Crippen LogP contribution in [0.1, 0.15) is 18.9 Å². The molecule has 0 bridgehead atoms. The average Bonchev–Trinajstić information content (AvgIpc) is 2.20. The van der Waals surface area contributed by atoms with Crippen LogP contribution in [0.25, 0.3) is 0 Å². The lowest BCUT2D eigenvalue weighted by Gasteiger charge is -2.09. The number of hydrogen-bond acceptors (Lipinski definition) is 1. The summed E-state index contributed by atoms with van der Waals surface area (Å²) in [5.74, 6) is 5.57. The van der Waals surface area contributed by atoms with Gasteiger partial charge in [0.05, 0.1) is 4.47 Å². The van der Waals surface area contributed by atoms with Gasteiger partial charge in [0.2, 0.25) is 0 Å². The fourth-order valence-electron chi connectivity index (χ4n) is 1.22. The molecule has 15 heavy (non-hydrogen) atoms. The number of rotatable bonds is 3. The Balaban J connectivity index is 2.67. The van der Waals surface area contributed by atoms with Crippen LogP contribution in [0.2, 0.25) is 0 Å². The van der Waals surface area contributed by atoms with Crippen molar-refractivity contribution in [2.24, 2.45) is 0 Å². The first-order valence-electron chi connectivity index (χ1n) is 4.74. The smallest absolute Gasteiger partial charge is 0.137 e. The molecule has 0 aliphatic rings. The second-order valence-corrected chi connectivity index (χ2v) is 4.04. The highest BCUT2D eigenvalue weighted by atomic mass is 79.9. The number of anilines is 1. The maximum absolute atomic E-state index is 13.1. The van der Waals surface area contributed by atoms with Gasteiger partial charge in [-0.25, -0.2) is 4.39 Å². The number of hydrogen-bond donors (Lipinski definition) is 1. The Bertz CT molecular complexity index is 404. The number of benzene rings is 1. The quantitative estimate of drug-likeness (QED) is 0.652. The van der Waals surface area contributed by atoms with E-state index in [1.807, 2.05) is 13.8 Å². The zero-order chi connectivity index (χ0) is 11.3. The zero-order valence-electron chi connectivity index (χ0n) is 8.82. The molecular formula is C12H13BrFN. The van der Waals surface area contributed by atoms with E-state index >= 15 is 0 Å². The zero-order valence-corrected chi connectivity index (χ0v) is 10.4. The molecule has 0 fully saturated rings. The van der Waals surface area contributed by atoms with Crippen LogP contribution < -0.4 is 5.32 Å². The minimum absolute atomic E-state index is 0.230. The molecule has 0 aromatic heterocycles. The molecule has 1 aromatic carbocycles. The first kappa shape index (κ1) is 12.1. The summed E-state index contributed by atoms with van der Waals surface area (Å²) in [6.45, 7) is 4.48. The predicted molar refractivity (Wildman–Crippen MR) is 65.4 cm³/mol. The van der Waals surface area contributed by atoms with Gasteiger partial charge >= 0.3 is 0 Å². The van der Waals surface area contributed by atoms with E-state index in [4.69, 9.17) is 0 Å². The Morgan fingerprint density at radius 2 is 2.20 bits per heavy atom. The summed E-state index contributed by atoms with van der Waals surface area (Å²) < 4.78 is 13.6. The van der Waals surface area contributed by atoms with Gasteiger partial charge in [-0.15, -0.1) is 11.8 Å². The molecule has 1 rings (SSSR count). The third-order valence-electron chi connectivity index (χ3n) is 2.01. The summed E-state index contributed by atoms with van der Waals surface area (Å²) in [6, 6.07) is 3.27. The van der Waals surface area contributed by atoms with E-state index in [1.165, 1.54) is 6.07 Å². The van der Waals surface area contributed by atoms with Crippen molar-refractivity contribution in [3.63, 3.8) is 0 Å². The summed E-state index contributed by atoms with van der Waals surface area (Å²) in [4.78, 5) is 0. The fourth-order valence-corrected chi connectivity index (χ4v) is 1.56. The molecule has 80 valence electrons. The van der Waals surface area contributed by atoms with Crippen LogP contribution in [0.3, 0.4) is 0 Å². The molecule has 1 aromatic rings. The first-order chi connectivity index (χ1) is 7.15. The normalized spacial score (nSPS) is 9.33. The monoisotopic (exact) mass is 269 g/mol. The second kappa shape index (κ2) is 5.77. The number of halogens is 2. The molecule has 0 radical (unpaired) electrons. The summed E-state index contributed by atoms with van der Waals surface area (Å²) in [7, 11) is 0. The first-order valence-corrected chi connectivity index (χ1v) is 5.53. The Kier molecular flexibility index (Phi) is 4.64. The van der Waals surface area contributed by atoms with Gasteiger partial charge in [0.25, 0.3) is 0 Å². The molecule has 0 heterocycles. The fraction of sp³-hybridized carbons (Fsp3) is 0.333. The molecule has 0 saturated carbocycles. The van der Waals surface area contributed by atoms with Gasteiger partial charge in [0.1, 0.15) is 5.82 Å². The largest absolute Gasteiger partial charge is 0.384 e. The van der Waals surface area contributed by atoms with E-state index in [0.717, 1.165) is 24.2 Å². The molecular weight excluding hydrogens is 257 g/mol. The highest BCUT2D eigenvalue weighted by molar-refractivity contribution is 9.10. The summed E-state index contributed by atoms with van der Waals surface area (Å²) in [5, 5.41) is 3.22. The maximum atomic E-state index is 13.1. The minimum Gasteiger partial charge on any atom is -0.384 e. The van der Waals surface area contributed by atoms with Crippen molar-refractivity contribution < 1.29 is 4.39 Å². The van der Waals surface area contributed by atoms with E-state index in [2.05, 4.69) is 33.1 Å². The van der Waals surface area contributed by atoms with E-state index < -0.39 is 0 Å². The molecule has 3 heteroatoms. The van der Waals surface area contributed by atoms with E-state index in [-0.39, 0.29) is 5.82 Å². The van der Waals surface area contributed by atoms with Gasteiger partial charge in [-0.3, -0.25) is 0 Å².